The van der Waals surface area contributed by atoms with E-state index in [1.807, 2.05) is 18.3 Å². The summed E-state index contributed by atoms with van der Waals surface area (Å²) in [4.78, 5) is 4.34. The summed E-state index contributed by atoms with van der Waals surface area (Å²) < 4.78 is 14.8. The van der Waals surface area contributed by atoms with Crippen molar-refractivity contribution in [2.24, 2.45) is 5.73 Å². The number of halogens is 1. The summed E-state index contributed by atoms with van der Waals surface area (Å²) in [6.07, 6.45) is 6.32. The van der Waals surface area contributed by atoms with Crippen LogP contribution in [0.25, 0.3) is 0 Å². The topological polar surface area (TPSA) is 80.4 Å². The first-order valence-corrected chi connectivity index (χ1v) is 8.50. The van der Waals surface area contributed by atoms with Crippen molar-refractivity contribution in [3.05, 3.63) is 35.8 Å². The maximum atomic E-state index is 14.8. The SMILES string of the molecule is N=C(N)NC1C=CN(C2CC2)c2cc(N3CCNCC3)c(F)cc21. The number of benzene rings is 1. The molecule has 1 saturated carbocycles. The van der Waals surface area contributed by atoms with E-state index in [1.165, 1.54) is 0 Å². The fourth-order valence-corrected chi connectivity index (χ4v) is 3.51. The second-order valence-corrected chi connectivity index (χ2v) is 6.62. The molecule has 3 aliphatic rings. The second-order valence-electron chi connectivity index (χ2n) is 6.62. The molecule has 0 radical (unpaired) electrons. The molecule has 4 rings (SSSR count). The number of hydrogen-bond acceptors (Lipinski definition) is 4. The number of guanidine groups is 1. The largest absolute Gasteiger partial charge is 0.370 e. The van der Waals surface area contributed by atoms with E-state index < -0.39 is 0 Å². The number of hydrogen-bond donors (Lipinski definition) is 4. The quantitative estimate of drug-likeness (QED) is 0.496. The average Bonchev–Trinajstić information content (AvgIpc) is 3.40. The smallest absolute Gasteiger partial charge is 0.186 e. The van der Waals surface area contributed by atoms with E-state index in [4.69, 9.17) is 11.1 Å². The number of nitrogens with zero attached hydrogens (tertiary/aromatic N) is 2. The molecule has 1 aromatic rings. The molecule has 0 aromatic heterocycles. The Labute approximate surface area is 141 Å². The molecule has 1 saturated heterocycles. The molecule has 24 heavy (non-hydrogen) atoms. The van der Waals surface area contributed by atoms with Crippen molar-refractivity contribution in [2.45, 2.75) is 24.9 Å². The van der Waals surface area contributed by atoms with Crippen molar-refractivity contribution in [3.63, 3.8) is 0 Å². The maximum absolute atomic E-state index is 14.8. The van der Waals surface area contributed by atoms with Gasteiger partial charge in [0.15, 0.2) is 5.96 Å². The zero-order chi connectivity index (χ0) is 16.7. The predicted octanol–water partition coefficient (Wildman–Crippen LogP) is 1.26. The Bertz CT molecular complexity index is 678. The molecule has 1 unspecified atom stereocenters. The Kier molecular flexibility index (Phi) is 3.80. The normalized spacial score (nSPS) is 23.1. The van der Waals surface area contributed by atoms with Crippen LogP contribution in [0.3, 0.4) is 0 Å². The first kappa shape index (κ1) is 15.3. The Balaban J connectivity index is 1.73. The van der Waals surface area contributed by atoms with E-state index in [-0.39, 0.29) is 17.8 Å². The van der Waals surface area contributed by atoms with Gasteiger partial charge in [-0.3, -0.25) is 5.41 Å². The second kappa shape index (κ2) is 5.98. The van der Waals surface area contributed by atoms with Crippen LogP contribution in [0.5, 0.6) is 0 Å². The predicted molar refractivity (Wildman–Crippen MR) is 93.9 cm³/mol. The lowest BCUT2D eigenvalue weighted by molar-refractivity contribution is 0.564. The van der Waals surface area contributed by atoms with E-state index in [9.17, 15) is 4.39 Å². The van der Waals surface area contributed by atoms with Gasteiger partial charge >= 0.3 is 0 Å². The van der Waals surface area contributed by atoms with Crippen LogP contribution in [0.2, 0.25) is 0 Å². The third-order valence-electron chi connectivity index (χ3n) is 4.86. The molecule has 0 bridgehead atoms. The third-order valence-corrected chi connectivity index (χ3v) is 4.86. The molecule has 6 nitrogen and oxygen atoms in total. The molecule has 2 fully saturated rings. The van der Waals surface area contributed by atoms with Crippen molar-refractivity contribution >= 4 is 17.3 Å². The summed E-state index contributed by atoms with van der Waals surface area (Å²) in [6.45, 7) is 3.36. The Hall–Kier alpha value is -2.28. The van der Waals surface area contributed by atoms with Crippen LogP contribution >= 0.6 is 0 Å². The van der Waals surface area contributed by atoms with Gasteiger partial charge in [-0.2, -0.15) is 0 Å². The van der Waals surface area contributed by atoms with Gasteiger partial charge in [0.25, 0.3) is 0 Å². The van der Waals surface area contributed by atoms with Crippen LogP contribution in [0.15, 0.2) is 24.4 Å². The third kappa shape index (κ3) is 2.80. The molecular formula is C17H23FN6. The van der Waals surface area contributed by atoms with Gasteiger partial charge in [0.1, 0.15) is 5.82 Å². The lowest BCUT2D eigenvalue weighted by Crippen LogP contribution is -2.44. The van der Waals surface area contributed by atoms with Crippen LogP contribution in [-0.2, 0) is 0 Å². The minimum Gasteiger partial charge on any atom is -0.370 e. The summed E-state index contributed by atoms with van der Waals surface area (Å²) in [5.41, 5.74) is 8.02. The highest BCUT2D eigenvalue weighted by atomic mass is 19.1. The molecule has 1 atom stereocenters. The summed E-state index contributed by atoms with van der Waals surface area (Å²) >= 11 is 0. The van der Waals surface area contributed by atoms with Gasteiger partial charge in [-0.25, -0.2) is 4.39 Å². The zero-order valence-corrected chi connectivity index (χ0v) is 13.6. The molecule has 0 spiro atoms. The van der Waals surface area contributed by atoms with Gasteiger partial charge in [-0.1, -0.05) is 0 Å². The number of piperazine rings is 1. The zero-order valence-electron chi connectivity index (χ0n) is 13.6. The van der Waals surface area contributed by atoms with Crippen molar-refractivity contribution in [1.82, 2.24) is 10.6 Å². The van der Waals surface area contributed by atoms with Gasteiger partial charge in [0.05, 0.1) is 11.7 Å². The average molecular weight is 330 g/mol. The summed E-state index contributed by atoms with van der Waals surface area (Å²) in [5, 5.41) is 13.7. The first-order valence-electron chi connectivity index (χ1n) is 8.50. The first-order chi connectivity index (χ1) is 11.6. The molecule has 0 amide bonds. The van der Waals surface area contributed by atoms with Crippen molar-refractivity contribution in [2.75, 3.05) is 36.0 Å². The van der Waals surface area contributed by atoms with Gasteiger partial charge in [0.2, 0.25) is 0 Å². The fraction of sp³-hybridized carbons (Fsp3) is 0.471. The van der Waals surface area contributed by atoms with Crippen molar-refractivity contribution < 1.29 is 4.39 Å². The highest BCUT2D eigenvalue weighted by Gasteiger charge is 2.34. The van der Waals surface area contributed by atoms with E-state index >= 15 is 0 Å². The molecule has 128 valence electrons. The maximum Gasteiger partial charge on any atom is 0.186 e. The van der Waals surface area contributed by atoms with E-state index in [1.54, 1.807) is 6.07 Å². The van der Waals surface area contributed by atoms with Crippen LogP contribution in [0.1, 0.15) is 24.4 Å². The Morgan fingerprint density at radius 3 is 2.67 bits per heavy atom. The highest BCUT2D eigenvalue weighted by molar-refractivity contribution is 5.77. The monoisotopic (exact) mass is 330 g/mol. The number of fused-ring (bicyclic) bond motifs is 1. The fourth-order valence-electron chi connectivity index (χ4n) is 3.51. The summed E-state index contributed by atoms with van der Waals surface area (Å²) in [5.74, 6) is -0.320. The molecule has 2 heterocycles. The summed E-state index contributed by atoms with van der Waals surface area (Å²) in [7, 11) is 0. The number of rotatable bonds is 3. The van der Waals surface area contributed by atoms with Gasteiger partial charge < -0.3 is 26.2 Å². The van der Waals surface area contributed by atoms with Crippen LogP contribution < -0.4 is 26.2 Å². The standard InChI is InChI=1S/C17H23FN6/c18-13-9-12-14(22-17(19)20)3-6-24(11-1-2-11)15(12)10-16(13)23-7-4-21-5-8-23/h3,6,9-11,14,21H,1-2,4-5,7-8H2,(H4,19,20,22). The highest BCUT2D eigenvalue weighted by Crippen LogP contribution is 2.42. The number of nitrogens with two attached hydrogens (primary N) is 1. The van der Waals surface area contributed by atoms with Gasteiger partial charge in [-0.05, 0) is 31.1 Å². The molecule has 2 aliphatic heterocycles. The molecular weight excluding hydrogens is 307 g/mol. The lowest BCUT2D eigenvalue weighted by Gasteiger charge is -2.35. The minimum absolute atomic E-state index is 0.109. The summed E-state index contributed by atoms with van der Waals surface area (Å²) in [6, 6.07) is 3.80. The van der Waals surface area contributed by atoms with Crippen molar-refractivity contribution in [3.8, 4) is 0 Å². The molecule has 1 aromatic carbocycles. The lowest BCUT2D eigenvalue weighted by atomic mass is 9.99. The van der Waals surface area contributed by atoms with Gasteiger partial charge in [0, 0.05) is 49.7 Å². The number of anilines is 2. The molecule has 7 heteroatoms. The molecule has 1 aliphatic carbocycles. The van der Waals surface area contributed by atoms with E-state index in [0.29, 0.717) is 11.7 Å². The Morgan fingerprint density at radius 1 is 1.25 bits per heavy atom. The van der Waals surface area contributed by atoms with Crippen LogP contribution in [0, 0.1) is 11.2 Å². The van der Waals surface area contributed by atoms with Crippen molar-refractivity contribution in [1.29, 1.82) is 5.41 Å². The van der Waals surface area contributed by atoms with E-state index in [2.05, 4.69) is 20.4 Å². The number of nitrogens with one attached hydrogen (secondary N) is 3. The van der Waals surface area contributed by atoms with Crippen LogP contribution in [0.4, 0.5) is 15.8 Å². The van der Waals surface area contributed by atoms with Crippen LogP contribution in [-0.4, -0.2) is 38.2 Å². The minimum atomic E-state index is -0.265. The van der Waals surface area contributed by atoms with E-state index in [0.717, 1.165) is 50.3 Å². The van der Waals surface area contributed by atoms with Gasteiger partial charge in [-0.15, -0.1) is 0 Å². The Morgan fingerprint density at radius 2 is 2.00 bits per heavy atom. The molecule has 5 N–H and O–H groups in total.